The van der Waals surface area contributed by atoms with Gasteiger partial charge in [0.2, 0.25) is 0 Å². The fourth-order valence-electron chi connectivity index (χ4n) is 8.43. The molecule has 0 rings (SSSR count). The molecule has 0 fully saturated rings. The van der Waals surface area contributed by atoms with Gasteiger partial charge in [0.05, 0.1) is 6.61 Å². The van der Waals surface area contributed by atoms with Crippen molar-refractivity contribution in [2.75, 3.05) is 6.61 Å². The minimum atomic E-state index is 0.0207. The minimum absolute atomic E-state index is 0.0207. The smallest absolute Gasteiger partial charge is 0.305 e. The highest BCUT2D eigenvalue weighted by molar-refractivity contribution is 5.69. The normalized spacial score (nSPS) is 11.7. The Morgan fingerprint density at radius 3 is 0.786 bits per heavy atom. The number of ether oxygens (including phenoxy) is 1. The Morgan fingerprint density at radius 1 is 0.286 bits per heavy atom. The summed E-state index contributed by atoms with van der Waals surface area (Å²) in [5, 5.41) is 0. The molecule has 2 heteroatoms. The van der Waals surface area contributed by atoms with Gasteiger partial charge in [0, 0.05) is 6.42 Å². The van der Waals surface area contributed by atoms with Crippen LogP contribution in [0.25, 0.3) is 0 Å². The molecule has 0 N–H and O–H groups in total. The fraction of sp³-hybridized carbons (Fsp3) is 0.944. The first-order valence-electron chi connectivity index (χ1n) is 26.6. The highest BCUT2D eigenvalue weighted by atomic mass is 16.5. The van der Waals surface area contributed by atoms with Crippen LogP contribution in [-0.4, -0.2) is 12.6 Å². The quantitative estimate of drug-likeness (QED) is 0.0349. The summed E-state index contributed by atoms with van der Waals surface area (Å²) in [4.78, 5) is 12.0. The van der Waals surface area contributed by atoms with Crippen LogP contribution in [0.2, 0.25) is 0 Å². The van der Waals surface area contributed by atoms with Crippen molar-refractivity contribution in [1.82, 2.24) is 0 Å². The molecule has 2 nitrogen and oxygen atoms in total. The monoisotopic (exact) mass is 787 g/mol. The molecule has 0 saturated heterocycles. The van der Waals surface area contributed by atoms with Crippen LogP contribution in [0, 0.1) is 0 Å². The van der Waals surface area contributed by atoms with Crippen LogP contribution in [0.3, 0.4) is 0 Å². The Morgan fingerprint density at radius 2 is 0.500 bits per heavy atom. The fourth-order valence-corrected chi connectivity index (χ4v) is 8.43. The van der Waals surface area contributed by atoms with E-state index >= 15 is 0 Å². The van der Waals surface area contributed by atoms with Gasteiger partial charge in [-0.1, -0.05) is 289 Å². The number of hydrogen-bond donors (Lipinski definition) is 0. The number of rotatable bonds is 50. The van der Waals surface area contributed by atoms with E-state index in [1.165, 1.54) is 283 Å². The maximum absolute atomic E-state index is 12.0. The van der Waals surface area contributed by atoms with Gasteiger partial charge in [-0.25, -0.2) is 0 Å². The first-order chi connectivity index (χ1) is 27.8. The topological polar surface area (TPSA) is 26.3 Å². The van der Waals surface area contributed by atoms with Crippen molar-refractivity contribution in [3.8, 4) is 0 Å². The molecular weight excluding hydrogens is 681 g/mol. The number of unbranched alkanes of at least 4 members (excludes halogenated alkanes) is 44. The van der Waals surface area contributed by atoms with E-state index in [0.29, 0.717) is 13.0 Å². The maximum Gasteiger partial charge on any atom is 0.305 e. The summed E-state index contributed by atoms with van der Waals surface area (Å²) in [7, 11) is 0. The average molecular weight is 787 g/mol. The first kappa shape index (κ1) is 55.2. The second-order valence-corrected chi connectivity index (χ2v) is 18.2. The van der Waals surface area contributed by atoms with Gasteiger partial charge in [-0.3, -0.25) is 4.79 Å². The van der Waals surface area contributed by atoms with Gasteiger partial charge in [-0.2, -0.15) is 0 Å². The van der Waals surface area contributed by atoms with Crippen molar-refractivity contribution in [2.45, 2.75) is 322 Å². The summed E-state index contributed by atoms with van der Waals surface area (Å²) < 4.78 is 5.47. The maximum atomic E-state index is 12.0. The van der Waals surface area contributed by atoms with E-state index in [1.54, 1.807) is 0 Å². The SMILES string of the molecule is CCCCCC/C=C\CCCCCCCC(=O)OCCCCCCCCCCCCCCCCCCCCCCCCCCCCCCCCCCCCCC. The molecule has 0 aromatic heterocycles. The third-order valence-electron chi connectivity index (χ3n) is 12.4. The number of carbonyl (C=O) groups excluding carboxylic acids is 1. The Labute approximate surface area is 355 Å². The van der Waals surface area contributed by atoms with E-state index in [0.717, 1.165) is 19.3 Å². The van der Waals surface area contributed by atoms with E-state index < -0.39 is 0 Å². The lowest BCUT2D eigenvalue weighted by molar-refractivity contribution is -0.143. The van der Waals surface area contributed by atoms with Crippen LogP contribution in [0.15, 0.2) is 12.2 Å². The summed E-state index contributed by atoms with van der Waals surface area (Å²) in [6, 6.07) is 0. The van der Waals surface area contributed by atoms with E-state index in [9.17, 15) is 4.79 Å². The molecule has 0 amide bonds. The molecule has 334 valence electrons. The van der Waals surface area contributed by atoms with Crippen molar-refractivity contribution in [1.29, 1.82) is 0 Å². The molecule has 0 saturated carbocycles. The van der Waals surface area contributed by atoms with Crippen LogP contribution in [0.4, 0.5) is 0 Å². The van der Waals surface area contributed by atoms with Crippen molar-refractivity contribution in [3.63, 3.8) is 0 Å². The van der Waals surface area contributed by atoms with Crippen molar-refractivity contribution >= 4 is 5.97 Å². The number of esters is 1. The average Bonchev–Trinajstić information content (AvgIpc) is 3.20. The van der Waals surface area contributed by atoms with Crippen LogP contribution in [-0.2, 0) is 9.53 Å². The molecule has 0 aliphatic heterocycles. The molecule has 0 aromatic carbocycles. The van der Waals surface area contributed by atoms with Crippen molar-refractivity contribution in [2.24, 2.45) is 0 Å². The van der Waals surface area contributed by atoms with Crippen LogP contribution in [0.1, 0.15) is 322 Å². The van der Waals surface area contributed by atoms with Crippen molar-refractivity contribution < 1.29 is 9.53 Å². The third-order valence-corrected chi connectivity index (χ3v) is 12.4. The Kier molecular flexibility index (Phi) is 51.5. The van der Waals surface area contributed by atoms with Gasteiger partial charge in [0.15, 0.2) is 0 Å². The lowest BCUT2D eigenvalue weighted by Crippen LogP contribution is -2.05. The molecule has 0 radical (unpaired) electrons. The lowest BCUT2D eigenvalue weighted by atomic mass is 10.0. The summed E-state index contributed by atoms with van der Waals surface area (Å²) >= 11 is 0. The van der Waals surface area contributed by atoms with Gasteiger partial charge in [0.1, 0.15) is 0 Å². The lowest BCUT2D eigenvalue weighted by Gasteiger charge is -2.06. The third kappa shape index (κ3) is 51.2. The number of allylic oxidation sites excluding steroid dienone is 2. The molecule has 0 bridgehead atoms. The summed E-state index contributed by atoms with van der Waals surface area (Å²) in [6.45, 7) is 5.21. The van der Waals surface area contributed by atoms with Gasteiger partial charge < -0.3 is 4.74 Å². The Hall–Kier alpha value is -0.790. The molecule has 0 aliphatic rings. The highest BCUT2D eigenvalue weighted by Gasteiger charge is 2.03. The Bertz CT molecular complexity index is 728. The van der Waals surface area contributed by atoms with Crippen LogP contribution < -0.4 is 0 Å². The molecule has 0 atom stereocenters. The number of hydrogen-bond acceptors (Lipinski definition) is 2. The van der Waals surface area contributed by atoms with Crippen LogP contribution in [0.5, 0.6) is 0 Å². The molecule has 0 heterocycles. The molecule has 0 aliphatic carbocycles. The molecular formula is C54H106O2. The zero-order valence-electron chi connectivity index (χ0n) is 39.1. The molecule has 0 unspecified atom stereocenters. The second-order valence-electron chi connectivity index (χ2n) is 18.2. The molecule has 56 heavy (non-hydrogen) atoms. The first-order valence-corrected chi connectivity index (χ1v) is 26.6. The zero-order valence-corrected chi connectivity index (χ0v) is 39.1. The van der Waals surface area contributed by atoms with Crippen molar-refractivity contribution in [3.05, 3.63) is 12.2 Å². The second kappa shape index (κ2) is 52.2. The zero-order chi connectivity index (χ0) is 40.3. The van der Waals surface area contributed by atoms with Gasteiger partial charge in [-0.05, 0) is 38.5 Å². The van der Waals surface area contributed by atoms with E-state index in [1.807, 2.05) is 0 Å². The Balaban J connectivity index is 3.13. The molecule has 0 aromatic rings. The minimum Gasteiger partial charge on any atom is -0.466 e. The summed E-state index contributed by atoms with van der Waals surface area (Å²) in [5.41, 5.74) is 0. The molecule has 0 spiro atoms. The van der Waals surface area contributed by atoms with E-state index in [4.69, 9.17) is 4.74 Å². The van der Waals surface area contributed by atoms with Gasteiger partial charge in [0.25, 0.3) is 0 Å². The van der Waals surface area contributed by atoms with E-state index in [2.05, 4.69) is 26.0 Å². The predicted octanol–water partition coefficient (Wildman–Crippen LogP) is 19.9. The predicted molar refractivity (Wildman–Crippen MR) is 253 cm³/mol. The highest BCUT2D eigenvalue weighted by Crippen LogP contribution is 2.18. The van der Waals surface area contributed by atoms with E-state index in [-0.39, 0.29) is 5.97 Å². The van der Waals surface area contributed by atoms with Crippen LogP contribution >= 0.6 is 0 Å². The largest absolute Gasteiger partial charge is 0.466 e. The standard InChI is InChI=1S/C54H106O2/c1-3-5-7-9-11-13-15-17-18-19-20-21-22-23-24-25-26-27-28-29-30-31-32-33-34-35-36-37-38-39-41-43-45-47-49-51-53-56-54(55)52-50-48-46-44-42-40-16-14-12-10-8-6-4-2/h14,16H,3-13,15,17-53H2,1-2H3/b16-14-. The van der Waals surface area contributed by atoms with Gasteiger partial charge in [-0.15, -0.1) is 0 Å². The summed E-state index contributed by atoms with van der Waals surface area (Å²) in [6.07, 6.45) is 71.0. The summed E-state index contributed by atoms with van der Waals surface area (Å²) in [5.74, 6) is 0.0207. The van der Waals surface area contributed by atoms with Gasteiger partial charge >= 0.3 is 5.97 Å². The number of carbonyl (C=O) groups is 1.